The largest absolute Gasteiger partial charge is 0.278 e. The van der Waals surface area contributed by atoms with Crippen LogP contribution in [0.15, 0.2) is 129 Å². The molecule has 0 atom stereocenters. The van der Waals surface area contributed by atoms with Crippen LogP contribution in [0.25, 0.3) is 68.6 Å². The van der Waals surface area contributed by atoms with Crippen LogP contribution >= 0.6 is 0 Å². The second-order valence-electron chi connectivity index (χ2n) is 9.83. The summed E-state index contributed by atoms with van der Waals surface area (Å²) in [6.45, 7) is 16.1. The van der Waals surface area contributed by atoms with Gasteiger partial charge in [-0.3, -0.25) is 13.5 Å². The summed E-state index contributed by atoms with van der Waals surface area (Å²) in [4.78, 5) is 20.0. The summed E-state index contributed by atoms with van der Waals surface area (Å²) >= 11 is 0. The van der Waals surface area contributed by atoms with E-state index in [-0.39, 0.29) is 0 Å². The lowest BCUT2D eigenvalue weighted by molar-refractivity contribution is 0.925. The van der Waals surface area contributed by atoms with Crippen molar-refractivity contribution in [1.82, 2.24) is 33.5 Å². The second kappa shape index (κ2) is 10.4. The summed E-state index contributed by atoms with van der Waals surface area (Å²) < 4.78 is 6.23. The molecule has 0 aliphatic heterocycles. The number of hydrogen-bond donors (Lipinski definition) is 0. The average molecular weight is 558 g/mol. The number of rotatable bonds is 8. The van der Waals surface area contributed by atoms with Gasteiger partial charge in [0.15, 0.2) is 17.3 Å². The van der Waals surface area contributed by atoms with E-state index in [0.717, 1.165) is 50.4 Å². The van der Waals surface area contributed by atoms with Gasteiger partial charge in [0.1, 0.15) is 5.52 Å². The summed E-state index contributed by atoms with van der Waals surface area (Å²) in [5, 5.41) is 1.00. The van der Waals surface area contributed by atoms with Crippen molar-refractivity contribution in [2.45, 2.75) is 0 Å². The Kier molecular flexibility index (Phi) is 6.25. The zero-order chi connectivity index (χ0) is 29.5. The number of para-hydroxylation sites is 2. The van der Waals surface area contributed by atoms with Crippen molar-refractivity contribution in [3.8, 4) is 23.0 Å². The maximum absolute atomic E-state index is 5.26. The molecular weight excluding hydrogens is 530 g/mol. The Labute approximate surface area is 248 Å². The van der Waals surface area contributed by atoms with Crippen molar-refractivity contribution in [3.05, 3.63) is 147 Å². The van der Waals surface area contributed by atoms with Crippen LogP contribution in [0.2, 0.25) is 0 Å². The van der Waals surface area contributed by atoms with Gasteiger partial charge in [-0.25, -0.2) is 4.98 Å². The third kappa shape index (κ3) is 3.98. The number of fused-ring (bicyclic) bond motifs is 5. The number of benzene rings is 3. The minimum atomic E-state index is 0.447. The fraction of sp³-hybridized carbons (Fsp3) is 0. The molecule has 206 valence electrons. The van der Waals surface area contributed by atoms with E-state index >= 15 is 0 Å². The summed E-state index contributed by atoms with van der Waals surface area (Å²) in [5.74, 6) is 2.21. The van der Waals surface area contributed by atoms with Crippen molar-refractivity contribution in [2.75, 3.05) is 0 Å². The molecule has 0 saturated carbocycles. The fourth-order valence-corrected chi connectivity index (χ4v) is 5.59. The quantitative estimate of drug-likeness (QED) is 0.177. The highest BCUT2D eigenvalue weighted by atomic mass is 15.3. The van der Waals surface area contributed by atoms with Crippen LogP contribution in [0.3, 0.4) is 0 Å². The maximum Gasteiger partial charge on any atom is 0.240 e. The first-order valence-electron chi connectivity index (χ1n) is 13.8. The standard InChI is InChI=1S/C36H27N7/c1-5-17-24(6-2)32-37-33(25-18-11-9-12-19-25)39-35(38-32)43-30-23-16-15-22-27(30)31-34(43)40-36-41(26-20-13-10-14-21-26)28(7-3)29(8-4)42(31)36/h5-23H,1-4H2/b24-17+. The highest BCUT2D eigenvalue weighted by Gasteiger charge is 2.26. The molecule has 0 N–H and O–H groups in total. The highest BCUT2D eigenvalue weighted by Crippen LogP contribution is 2.36. The lowest BCUT2D eigenvalue weighted by Crippen LogP contribution is -2.08. The molecule has 4 aromatic heterocycles. The van der Waals surface area contributed by atoms with E-state index in [1.807, 2.05) is 83.5 Å². The molecule has 0 unspecified atom stereocenters. The van der Waals surface area contributed by atoms with Crippen LogP contribution in [0.4, 0.5) is 0 Å². The Hall–Kier alpha value is -6.08. The summed E-state index contributed by atoms with van der Waals surface area (Å²) in [6.07, 6.45) is 8.95. The maximum atomic E-state index is 5.26. The molecule has 7 nitrogen and oxygen atoms in total. The Morgan fingerprint density at radius 3 is 2.07 bits per heavy atom. The van der Waals surface area contributed by atoms with E-state index in [4.69, 9.17) is 19.9 Å². The SMILES string of the molecule is C=C/C=C(\C=C)c1nc(-c2ccccc2)nc(-n2c3ccccc3c3c2nc2n(-c4ccccc4)c(C=C)c(C=C)n32)n1. The van der Waals surface area contributed by atoms with Gasteiger partial charge in [-0.15, -0.1) is 0 Å². The van der Waals surface area contributed by atoms with Crippen LogP contribution in [0, 0.1) is 0 Å². The summed E-state index contributed by atoms with van der Waals surface area (Å²) in [7, 11) is 0. The van der Waals surface area contributed by atoms with Crippen LogP contribution < -0.4 is 0 Å². The van der Waals surface area contributed by atoms with Gasteiger partial charge in [0, 0.05) is 22.2 Å². The normalized spacial score (nSPS) is 11.8. The third-order valence-electron chi connectivity index (χ3n) is 7.43. The molecule has 0 radical (unpaired) electrons. The minimum absolute atomic E-state index is 0.447. The first-order valence-corrected chi connectivity index (χ1v) is 13.8. The van der Waals surface area contributed by atoms with E-state index in [9.17, 15) is 0 Å². The molecule has 3 aromatic carbocycles. The third-order valence-corrected chi connectivity index (χ3v) is 7.43. The van der Waals surface area contributed by atoms with Gasteiger partial charge in [-0.1, -0.05) is 111 Å². The lowest BCUT2D eigenvalue weighted by Gasteiger charge is -2.10. The monoisotopic (exact) mass is 557 g/mol. The van der Waals surface area contributed by atoms with E-state index in [1.54, 1.807) is 12.2 Å². The first-order chi connectivity index (χ1) is 21.2. The molecule has 7 aromatic rings. The molecule has 0 aliphatic carbocycles. The summed E-state index contributed by atoms with van der Waals surface area (Å²) in [5.41, 5.74) is 6.93. The van der Waals surface area contributed by atoms with Gasteiger partial charge in [0.2, 0.25) is 11.7 Å². The Balaban J connectivity index is 1.63. The number of nitrogens with zero attached hydrogens (tertiary/aromatic N) is 7. The second-order valence-corrected chi connectivity index (χ2v) is 9.83. The molecule has 0 aliphatic rings. The van der Waals surface area contributed by atoms with Gasteiger partial charge in [0.05, 0.1) is 16.9 Å². The summed E-state index contributed by atoms with van der Waals surface area (Å²) in [6, 6.07) is 28.2. The van der Waals surface area contributed by atoms with E-state index in [1.165, 1.54) is 0 Å². The van der Waals surface area contributed by atoms with E-state index < -0.39 is 0 Å². The molecule has 4 heterocycles. The fourth-order valence-electron chi connectivity index (χ4n) is 5.59. The zero-order valence-electron chi connectivity index (χ0n) is 23.4. The molecular formula is C36H27N7. The first kappa shape index (κ1) is 25.9. The van der Waals surface area contributed by atoms with Crippen molar-refractivity contribution >= 4 is 45.6 Å². The van der Waals surface area contributed by atoms with Gasteiger partial charge in [0.25, 0.3) is 0 Å². The molecule has 0 fully saturated rings. The van der Waals surface area contributed by atoms with Crippen molar-refractivity contribution in [1.29, 1.82) is 0 Å². The lowest BCUT2D eigenvalue weighted by atomic mass is 10.2. The Bertz CT molecular complexity index is 2240. The van der Waals surface area contributed by atoms with Crippen molar-refractivity contribution < 1.29 is 0 Å². The number of allylic oxidation sites excluding steroid dienone is 4. The highest BCUT2D eigenvalue weighted by molar-refractivity contribution is 6.08. The molecule has 43 heavy (non-hydrogen) atoms. The molecule has 0 bridgehead atoms. The Morgan fingerprint density at radius 2 is 1.37 bits per heavy atom. The smallest absolute Gasteiger partial charge is 0.240 e. The number of imidazole rings is 2. The molecule has 7 heteroatoms. The van der Waals surface area contributed by atoms with Crippen LogP contribution in [-0.4, -0.2) is 33.5 Å². The van der Waals surface area contributed by atoms with Gasteiger partial charge >= 0.3 is 0 Å². The zero-order valence-corrected chi connectivity index (χ0v) is 23.4. The number of aromatic nitrogens is 7. The number of hydrogen-bond acceptors (Lipinski definition) is 4. The Morgan fingerprint density at radius 1 is 0.674 bits per heavy atom. The minimum Gasteiger partial charge on any atom is -0.278 e. The molecule has 7 rings (SSSR count). The molecule has 0 amide bonds. The van der Waals surface area contributed by atoms with Crippen molar-refractivity contribution in [2.24, 2.45) is 0 Å². The topological polar surface area (TPSA) is 65.8 Å². The molecule has 0 saturated heterocycles. The predicted molar refractivity (Wildman–Crippen MR) is 176 cm³/mol. The molecule has 0 spiro atoms. The van der Waals surface area contributed by atoms with Crippen LogP contribution in [0.5, 0.6) is 0 Å². The van der Waals surface area contributed by atoms with E-state index in [2.05, 4.69) is 59.5 Å². The average Bonchev–Trinajstić information content (AvgIpc) is 3.69. The van der Waals surface area contributed by atoms with Crippen LogP contribution in [-0.2, 0) is 0 Å². The van der Waals surface area contributed by atoms with E-state index in [0.29, 0.717) is 23.2 Å². The van der Waals surface area contributed by atoms with Crippen molar-refractivity contribution in [3.63, 3.8) is 0 Å². The van der Waals surface area contributed by atoms with Gasteiger partial charge < -0.3 is 0 Å². The predicted octanol–water partition coefficient (Wildman–Crippen LogP) is 8.12. The van der Waals surface area contributed by atoms with Gasteiger partial charge in [-0.2, -0.15) is 15.0 Å². The van der Waals surface area contributed by atoms with Gasteiger partial charge in [-0.05, 0) is 30.4 Å². The van der Waals surface area contributed by atoms with Crippen LogP contribution in [0.1, 0.15) is 17.2 Å².